The summed E-state index contributed by atoms with van der Waals surface area (Å²) in [5.41, 5.74) is 3.74. The third-order valence-electron chi connectivity index (χ3n) is 4.92. The van der Waals surface area contributed by atoms with Gasteiger partial charge < -0.3 is 19.1 Å². The Labute approximate surface area is 205 Å². The third-order valence-corrected chi connectivity index (χ3v) is 4.92. The van der Waals surface area contributed by atoms with E-state index in [9.17, 15) is 5.26 Å². The Morgan fingerprint density at radius 2 is 1.60 bits per heavy atom. The van der Waals surface area contributed by atoms with Crippen molar-refractivity contribution in [2.45, 2.75) is 25.9 Å². The van der Waals surface area contributed by atoms with Crippen LogP contribution in [0.2, 0.25) is 0 Å². The first-order chi connectivity index (χ1) is 17.1. The van der Waals surface area contributed by atoms with Crippen molar-refractivity contribution >= 4 is 12.2 Å². The Balaban J connectivity index is 0.00000100. The van der Waals surface area contributed by atoms with Gasteiger partial charge in [-0.3, -0.25) is 4.79 Å². The number of ether oxygens (including phenoxy) is 2. The Morgan fingerprint density at radius 3 is 2.14 bits per heavy atom. The molecule has 0 aliphatic rings. The number of nitrogens with two attached hydrogens (primary N) is 1. The van der Waals surface area contributed by atoms with Crippen molar-refractivity contribution in [1.29, 1.82) is 5.26 Å². The summed E-state index contributed by atoms with van der Waals surface area (Å²) in [5.74, 6) is 5.61. The third kappa shape index (κ3) is 9.20. The molecule has 0 fully saturated rings. The van der Waals surface area contributed by atoms with Crippen LogP contribution in [0.1, 0.15) is 36.0 Å². The second-order valence-electron chi connectivity index (χ2n) is 7.20. The topological polar surface area (TPSA) is 116 Å². The Morgan fingerprint density at radius 1 is 1.00 bits per heavy atom. The Bertz CT molecular complexity index is 1080. The number of nitriles is 1. The lowest BCUT2D eigenvalue weighted by Crippen LogP contribution is -2.13. The van der Waals surface area contributed by atoms with Gasteiger partial charge in [0.2, 0.25) is 0 Å². The predicted molar refractivity (Wildman–Crippen MR) is 133 cm³/mol. The summed E-state index contributed by atoms with van der Waals surface area (Å²) in [6.45, 7) is 2.93. The summed E-state index contributed by atoms with van der Waals surface area (Å²) >= 11 is 0. The van der Waals surface area contributed by atoms with Crippen LogP contribution < -0.4 is 15.4 Å². The fourth-order valence-corrected chi connectivity index (χ4v) is 3.10. The van der Waals surface area contributed by atoms with Gasteiger partial charge >= 0.3 is 6.47 Å². The Kier molecular flexibility index (Phi) is 11.9. The number of rotatable bonds is 11. The van der Waals surface area contributed by atoms with Crippen LogP contribution in [0.5, 0.6) is 11.5 Å². The van der Waals surface area contributed by atoms with Gasteiger partial charge in [-0.25, -0.2) is 0 Å². The molecule has 8 heteroatoms. The number of carbonyl (C=O) groups is 1. The zero-order valence-electron chi connectivity index (χ0n) is 19.8. The maximum atomic E-state index is 9.17. The molecular formula is C27H29N3O5. The molecule has 1 unspecified atom stereocenters. The van der Waals surface area contributed by atoms with Gasteiger partial charge in [0.1, 0.15) is 37.5 Å². The van der Waals surface area contributed by atoms with Crippen LogP contribution in [0.15, 0.2) is 84.0 Å². The van der Waals surface area contributed by atoms with Crippen molar-refractivity contribution in [1.82, 2.24) is 0 Å². The first-order valence-corrected chi connectivity index (χ1v) is 10.9. The van der Waals surface area contributed by atoms with Crippen molar-refractivity contribution < 1.29 is 23.9 Å². The molecule has 0 radical (unpaired) electrons. The van der Waals surface area contributed by atoms with Crippen LogP contribution >= 0.6 is 0 Å². The van der Waals surface area contributed by atoms with Crippen LogP contribution in [0, 0.1) is 11.3 Å². The van der Waals surface area contributed by atoms with Crippen LogP contribution in [0.3, 0.4) is 0 Å². The highest BCUT2D eigenvalue weighted by molar-refractivity contribution is 6.01. The van der Waals surface area contributed by atoms with Gasteiger partial charge in [0.15, 0.2) is 0 Å². The van der Waals surface area contributed by atoms with E-state index >= 15 is 0 Å². The van der Waals surface area contributed by atoms with E-state index in [0.29, 0.717) is 13.2 Å². The number of carbonyl (C=O) groups excluding carboxylic acids is 1. The van der Waals surface area contributed by atoms with Crippen molar-refractivity contribution in [2.24, 2.45) is 11.1 Å². The maximum Gasteiger partial charge on any atom is 0.312 e. The highest BCUT2D eigenvalue weighted by atomic mass is 16.6. The molecule has 3 rings (SSSR count). The van der Waals surface area contributed by atoms with Crippen LogP contribution in [-0.4, -0.2) is 25.9 Å². The fourth-order valence-electron chi connectivity index (χ4n) is 3.10. The van der Waals surface area contributed by atoms with E-state index in [-0.39, 0.29) is 12.4 Å². The van der Waals surface area contributed by atoms with E-state index in [2.05, 4.69) is 22.0 Å². The number of oxime groups is 1. The molecule has 0 heterocycles. The lowest BCUT2D eigenvalue weighted by Gasteiger charge is -2.11. The summed E-state index contributed by atoms with van der Waals surface area (Å²) in [7, 11) is 1.52. The van der Waals surface area contributed by atoms with Gasteiger partial charge in [0.05, 0.1) is 12.0 Å². The van der Waals surface area contributed by atoms with E-state index in [1.54, 1.807) is 0 Å². The first kappa shape index (κ1) is 26.9. The molecule has 8 nitrogen and oxygen atoms in total. The molecule has 182 valence electrons. The van der Waals surface area contributed by atoms with E-state index in [4.69, 9.17) is 19.1 Å². The summed E-state index contributed by atoms with van der Waals surface area (Å²) in [5, 5.41) is 13.2. The molecule has 1 atom stereocenters. The van der Waals surface area contributed by atoms with Gasteiger partial charge in [-0.1, -0.05) is 66.7 Å². The zero-order chi connectivity index (χ0) is 25.3. The van der Waals surface area contributed by atoms with Crippen molar-refractivity contribution in [2.75, 3.05) is 13.7 Å². The molecule has 3 aromatic carbocycles. The molecule has 0 aliphatic heterocycles. The lowest BCUT2D eigenvalue weighted by molar-refractivity contribution is -0.129. The number of hydrogen-bond acceptors (Lipinski definition) is 8. The van der Waals surface area contributed by atoms with Crippen molar-refractivity contribution in [3.05, 3.63) is 95.6 Å². The molecule has 0 spiro atoms. The Hall–Kier alpha value is -4.35. The SMILES string of the molecule is CCC(C#N)c1ccc(OCc2ccc(OC/C(=N/OC)c3ccccc3)cc2)cc1.NOC=O. The number of hydrogen-bond donors (Lipinski definition) is 1. The number of benzene rings is 3. The van der Waals surface area contributed by atoms with Crippen LogP contribution in [0.4, 0.5) is 0 Å². The van der Waals surface area contributed by atoms with E-state index in [0.717, 1.165) is 40.3 Å². The minimum Gasteiger partial charge on any atom is -0.489 e. The minimum atomic E-state index is -0.0714. The summed E-state index contributed by atoms with van der Waals surface area (Å²) in [4.78, 5) is 17.1. The molecule has 3 aromatic rings. The van der Waals surface area contributed by atoms with E-state index in [1.165, 1.54) is 7.11 Å². The molecule has 2 N–H and O–H groups in total. The maximum absolute atomic E-state index is 9.17. The van der Waals surface area contributed by atoms with Gasteiger partial charge in [-0.15, -0.1) is 0 Å². The monoisotopic (exact) mass is 475 g/mol. The molecule has 0 aliphatic carbocycles. The molecule has 0 saturated carbocycles. The largest absolute Gasteiger partial charge is 0.489 e. The second kappa shape index (κ2) is 15.5. The average molecular weight is 476 g/mol. The zero-order valence-corrected chi connectivity index (χ0v) is 19.8. The normalized spacial score (nSPS) is 11.2. The van der Waals surface area contributed by atoms with Gasteiger partial charge in [-0.05, 0) is 41.8 Å². The summed E-state index contributed by atoms with van der Waals surface area (Å²) < 4.78 is 11.7. The van der Waals surface area contributed by atoms with E-state index in [1.807, 2.05) is 85.8 Å². The molecule has 35 heavy (non-hydrogen) atoms. The first-order valence-electron chi connectivity index (χ1n) is 10.9. The minimum absolute atomic E-state index is 0.0714. The molecule has 0 aromatic heterocycles. The molecular weight excluding hydrogens is 446 g/mol. The average Bonchev–Trinajstić information content (AvgIpc) is 2.92. The smallest absolute Gasteiger partial charge is 0.312 e. The molecule has 0 saturated heterocycles. The highest BCUT2D eigenvalue weighted by Crippen LogP contribution is 2.22. The van der Waals surface area contributed by atoms with Crippen LogP contribution in [0.25, 0.3) is 0 Å². The second-order valence-corrected chi connectivity index (χ2v) is 7.20. The summed E-state index contributed by atoms with van der Waals surface area (Å²) in [6, 6.07) is 27.6. The quantitative estimate of drug-likeness (QED) is 0.242. The van der Waals surface area contributed by atoms with Crippen LogP contribution in [-0.2, 0) is 21.1 Å². The van der Waals surface area contributed by atoms with Gasteiger partial charge in [0, 0.05) is 5.56 Å². The standard InChI is InChI=1S/C26H26N2O3.CH3NO2/c1-3-21(17-27)22-11-15-25(16-12-22)30-18-20-9-13-24(14-10-20)31-19-26(28-29-2)23-7-5-4-6-8-23;2-4-1-3/h4-16,21H,3,18-19H2,1-2H3;1H,2H2/b28-26-;. The molecule has 0 bridgehead atoms. The van der Waals surface area contributed by atoms with Crippen molar-refractivity contribution in [3.63, 3.8) is 0 Å². The highest BCUT2D eigenvalue weighted by Gasteiger charge is 2.08. The molecule has 0 amide bonds. The van der Waals surface area contributed by atoms with E-state index < -0.39 is 0 Å². The van der Waals surface area contributed by atoms with Gasteiger partial charge in [0.25, 0.3) is 0 Å². The predicted octanol–water partition coefficient (Wildman–Crippen LogP) is 4.75. The van der Waals surface area contributed by atoms with Gasteiger partial charge in [-0.2, -0.15) is 11.2 Å². The fraction of sp³-hybridized carbons (Fsp3) is 0.222. The summed E-state index contributed by atoms with van der Waals surface area (Å²) in [6.07, 6.45) is 0.801. The lowest BCUT2D eigenvalue weighted by atomic mass is 9.98. The van der Waals surface area contributed by atoms with Crippen molar-refractivity contribution in [3.8, 4) is 17.6 Å². The number of nitrogens with zero attached hydrogens (tertiary/aromatic N) is 2.